The highest BCUT2D eigenvalue weighted by atomic mass is 16.1. The minimum Gasteiger partial charge on any atom is -0.313 e. The summed E-state index contributed by atoms with van der Waals surface area (Å²) in [5.41, 5.74) is 3.43. The van der Waals surface area contributed by atoms with Gasteiger partial charge in [-0.2, -0.15) is 5.10 Å². The fourth-order valence-electron chi connectivity index (χ4n) is 2.44. The first kappa shape index (κ1) is 12.5. The predicted molar refractivity (Wildman–Crippen MR) is 84.9 cm³/mol. The minimum atomic E-state index is -0.137. The summed E-state index contributed by atoms with van der Waals surface area (Å²) in [5, 5.41) is 4.96. The van der Waals surface area contributed by atoms with Crippen LogP contribution in [-0.4, -0.2) is 19.7 Å². The fourth-order valence-corrected chi connectivity index (χ4v) is 2.44. The maximum atomic E-state index is 11.9. The number of benzene rings is 2. The van der Waals surface area contributed by atoms with Crippen molar-refractivity contribution in [1.29, 1.82) is 0 Å². The lowest BCUT2D eigenvalue weighted by Gasteiger charge is -2.01. The topological polar surface area (TPSA) is 63.6 Å². The lowest BCUT2D eigenvalue weighted by molar-refractivity contribution is 0.881. The second-order valence-corrected chi connectivity index (χ2v) is 4.97. The van der Waals surface area contributed by atoms with Gasteiger partial charge in [0.25, 0.3) is 5.56 Å². The summed E-state index contributed by atoms with van der Waals surface area (Å²) in [4.78, 5) is 18.6. The lowest BCUT2D eigenvalue weighted by Crippen LogP contribution is -2.05. The first-order chi connectivity index (χ1) is 10.8. The van der Waals surface area contributed by atoms with Gasteiger partial charge in [0.15, 0.2) is 0 Å². The van der Waals surface area contributed by atoms with Gasteiger partial charge in [0.1, 0.15) is 0 Å². The number of aromatic nitrogens is 4. The molecule has 0 aliphatic rings. The zero-order valence-corrected chi connectivity index (χ0v) is 11.6. The number of aromatic amines is 1. The number of nitrogens with one attached hydrogen (secondary N) is 1. The maximum Gasteiger partial charge on any atom is 0.258 e. The molecule has 0 aliphatic carbocycles. The Kier molecular flexibility index (Phi) is 2.83. The van der Waals surface area contributed by atoms with E-state index in [4.69, 9.17) is 0 Å². The molecule has 2 aromatic heterocycles. The van der Waals surface area contributed by atoms with E-state index < -0.39 is 0 Å². The first-order valence-corrected chi connectivity index (χ1v) is 6.89. The molecule has 0 bridgehead atoms. The van der Waals surface area contributed by atoms with Gasteiger partial charge >= 0.3 is 0 Å². The van der Waals surface area contributed by atoms with Crippen molar-refractivity contribution in [2.24, 2.45) is 0 Å². The summed E-state index contributed by atoms with van der Waals surface area (Å²) >= 11 is 0. The molecule has 2 heterocycles. The van der Waals surface area contributed by atoms with Crippen LogP contribution in [0.5, 0.6) is 0 Å². The molecule has 4 aromatic rings. The molecule has 0 saturated carbocycles. The lowest BCUT2D eigenvalue weighted by atomic mass is 10.1. The molecule has 4 rings (SSSR count). The van der Waals surface area contributed by atoms with Gasteiger partial charge in [-0.25, -0.2) is 9.67 Å². The SMILES string of the molecule is O=c1[nH]cnc2ccc(-c3cnn(-c4ccccc4)c3)cc12. The highest BCUT2D eigenvalue weighted by molar-refractivity contribution is 5.83. The Hall–Kier alpha value is -3.21. The van der Waals surface area contributed by atoms with Gasteiger partial charge < -0.3 is 4.98 Å². The van der Waals surface area contributed by atoms with E-state index in [0.29, 0.717) is 10.9 Å². The highest BCUT2D eigenvalue weighted by Crippen LogP contribution is 2.22. The Labute approximate surface area is 125 Å². The zero-order chi connectivity index (χ0) is 14.9. The molecule has 22 heavy (non-hydrogen) atoms. The number of hydrogen-bond acceptors (Lipinski definition) is 3. The van der Waals surface area contributed by atoms with Crippen LogP contribution in [-0.2, 0) is 0 Å². The Morgan fingerprint density at radius 2 is 1.86 bits per heavy atom. The van der Waals surface area contributed by atoms with E-state index >= 15 is 0 Å². The summed E-state index contributed by atoms with van der Waals surface area (Å²) in [5.74, 6) is 0. The number of H-pyrrole nitrogens is 1. The molecule has 0 unspecified atom stereocenters. The van der Waals surface area contributed by atoms with Gasteiger partial charge in [-0.15, -0.1) is 0 Å². The number of rotatable bonds is 2. The van der Waals surface area contributed by atoms with Crippen LogP contribution in [0.1, 0.15) is 0 Å². The van der Waals surface area contributed by atoms with Gasteiger partial charge in [-0.1, -0.05) is 24.3 Å². The molecular formula is C17H12N4O. The van der Waals surface area contributed by atoms with Crippen LogP contribution in [0.25, 0.3) is 27.7 Å². The van der Waals surface area contributed by atoms with Crippen LogP contribution < -0.4 is 5.56 Å². The van der Waals surface area contributed by atoms with Crippen molar-refractivity contribution in [3.05, 3.63) is 77.6 Å². The van der Waals surface area contributed by atoms with E-state index in [0.717, 1.165) is 16.8 Å². The Bertz CT molecular complexity index is 1000. The zero-order valence-electron chi connectivity index (χ0n) is 11.6. The summed E-state index contributed by atoms with van der Waals surface area (Å²) < 4.78 is 1.81. The van der Waals surface area contributed by atoms with Crippen LogP contribution in [0, 0.1) is 0 Å². The summed E-state index contributed by atoms with van der Waals surface area (Å²) in [6, 6.07) is 15.5. The van der Waals surface area contributed by atoms with Crippen LogP contribution in [0.3, 0.4) is 0 Å². The van der Waals surface area contributed by atoms with Gasteiger partial charge in [-0.05, 0) is 29.8 Å². The second-order valence-electron chi connectivity index (χ2n) is 4.97. The number of fused-ring (bicyclic) bond motifs is 1. The summed E-state index contributed by atoms with van der Waals surface area (Å²) in [6.07, 6.45) is 5.15. The molecule has 0 atom stereocenters. The standard InChI is InChI=1S/C17H12N4O/c22-17-15-8-12(6-7-16(15)18-11-19-17)13-9-20-21(10-13)14-4-2-1-3-5-14/h1-11H,(H,18,19,22). The molecule has 5 nitrogen and oxygen atoms in total. The van der Waals surface area contributed by atoms with Gasteiger partial charge in [-0.3, -0.25) is 4.79 Å². The summed E-state index contributed by atoms with van der Waals surface area (Å²) in [7, 11) is 0. The monoisotopic (exact) mass is 288 g/mol. The van der Waals surface area contributed by atoms with E-state index in [1.54, 1.807) is 6.20 Å². The number of hydrogen-bond donors (Lipinski definition) is 1. The number of para-hydroxylation sites is 1. The van der Waals surface area contributed by atoms with E-state index in [2.05, 4.69) is 15.1 Å². The molecule has 0 amide bonds. The Balaban J connectivity index is 1.81. The third-order valence-electron chi connectivity index (χ3n) is 3.58. The molecule has 0 radical (unpaired) electrons. The van der Waals surface area contributed by atoms with Crippen LogP contribution in [0.2, 0.25) is 0 Å². The largest absolute Gasteiger partial charge is 0.313 e. The molecule has 0 spiro atoms. The molecule has 5 heteroatoms. The van der Waals surface area contributed by atoms with Crippen molar-refractivity contribution in [3.8, 4) is 16.8 Å². The quantitative estimate of drug-likeness (QED) is 0.617. The molecular weight excluding hydrogens is 276 g/mol. The van der Waals surface area contributed by atoms with Gasteiger partial charge in [0.05, 0.1) is 29.1 Å². The average molecular weight is 288 g/mol. The van der Waals surface area contributed by atoms with Crippen molar-refractivity contribution in [2.45, 2.75) is 0 Å². The van der Waals surface area contributed by atoms with Crippen LogP contribution >= 0.6 is 0 Å². The molecule has 106 valence electrons. The van der Waals surface area contributed by atoms with E-state index in [1.165, 1.54) is 6.33 Å². The van der Waals surface area contributed by atoms with Crippen LogP contribution in [0.15, 0.2) is 72.0 Å². The van der Waals surface area contributed by atoms with Gasteiger partial charge in [0, 0.05) is 11.8 Å². The molecule has 0 saturated heterocycles. The van der Waals surface area contributed by atoms with Crippen molar-refractivity contribution < 1.29 is 0 Å². The third kappa shape index (κ3) is 2.09. The molecule has 0 aliphatic heterocycles. The van der Waals surface area contributed by atoms with Crippen LogP contribution in [0.4, 0.5) is 0 Å². The highest BCUT2D eigenvalue weighted by Gasteiger charge is 2.06. The van der Waals surface area contributed by atoms with E-state index in [-0.39, 0.29) is 5.56 Å². The van der Waals surface area contributed by atoms with E-state index in [9.17, 15) is 4.79 Å². The van der Waals surface area contributed by atoms with Crippen molar-refractivity contribution in [1.82, 2.24) is 19.7 Å². The Morgan fingerprint density at radius 3 is 2.73 bits per heavy atom. The Morgan fingerprint density at radius 1 is 1.00 bits per heavy atom. The van der Waals surface area contributed by atoms with Crippen molar-refractivity contribution in [2.75, 3.05) is 0 Å². The predicted octanol–water partition coefficient (Wildman–Crippen LogP) is 2.78. The molecule has 2 aromatic carbocycles. The van der Waals surface area contributed by atoms with E-state index in [1.807, 2.05) is 59.4 Å². The summed E-state index contributed by atoms with van der Waals surface area (Å²) in [6.45, 7) is 0. The molecule has 1 N–H and O–H groups in total. The molecule has 0 fully saturated rings. The average Bonchev–Trinajstić information content (AvgIpc) is 3.06. The number of nitrogens with zero attached hydrogens (tertiary/aromatic N) is 3. The van der Waals surface area contributed by atoms with Gasteiger partial charge in [0.2, 0.25) is 0 Å². The second kappa shape index (κ2) is 4.96. The first-order valence-electron chi connectivity index (χ1n) is 6.89. The normalized spacial score (nSPS) is 10.9. The fraction of sp³-hybridized carbons (Fsp3) is 0. The third-order valence-corrected chi connectivity index (χ3v) is 3.58. The minimum absolute atomic E-state index is 0.137. The van der Waals surface area contributed by atoms with Crippen molar-refractivity contribution >= 4 is 10.9 Å². The maximum absolute atomic E-state index is 11.9. The smallest absolute Gasteiger partial charge is 0.258 e. The van der Waals surface area contributed by atoms with Crippen molar-refractivity contribution in [3.63, 3.8) is 0 Å².